The van der Waals surface area contributed by atoms with E-state index < -0.39 is 16.5 Å². The van der Waals surface area contributed by atoms with Gasteiger partial charge in [-0.05, 0) is 6.07 Å². The lowest BCUT2D eigenvalue weighted by Crippen LogP contribution is -2.31. The maximum absolute atomic E-state index is 12.3. The van der Waals surface area contributed by atoms with Crippen molar-refractivity contribution < 1.29 is 19.2 Å². The van der Waals surface area contributed by atoms with Crippen LogP contribution in [0.3, 0.4) is 0 Å². The van der Waals surface area contributed by atoms with Gasteiger partial charge in [0.2, 0.25) is 0 Å². The third kappa shape index (κ3) is 4.10. The molecule has 1 aromatic heterocycles. The summed E-state index contributed by atoms with van der Waals surface area (Å²) in [5.74, 6) is -0.332. The molecule has 2 aromatic rings. The molecule has 10 nitrogen and oxygen atoms in total. The van der Waals surface area contributed by atoms with Gasteiger partial charge in [-0.2, -0.15) is 5.10 Å². The number of nitrogens with one attached hydrogen (secondary N) is 1. The number of aromatic nitrogens is 2. The summed E-state index contributed by atoms with van der Waals surface area (Å²) in [4.78, 5) is 34.4. The van der Waals surface area contributed by atoms with E-state index in [0.717, 1.165) is 6.07 Å². The number of carbonyl (C=O) groups is 1. The second-order valence-electron chi connectivity index (χ2n) is 4.82. The van der Waals surface area contributed by atoms with E-state index in [9.17, 15) is 19.7 Å². The fourth-order valence-corrected chi connectivity index (χ4v) is 2.13. The number of rotatable bonds is 7. The first kappa shape index (κ1) is 17.9. The van der Waals surface area contributed by atoms with Gasteiger partial charge in [0.1, 0.15) is 5.56 Å². The molecule has 1 aromatic carbocycles. The molecule has 0 bridgehead atoms. The Bertz CT molecular complexity index is 848. The maximum atomic E-state index is 12.3. The summed E-state index contributed by atoms with van der Waals surface area (Å²) in [6.45, 7) is 0.202. The van der Waals surface area contributed by atoms with Crippen molar-refractivity contribution >= 4 is 11.6 Å². The molecule has 0 spiro atoms. The quantitative estimate of drug-likeness (QED) is 0.573. The van der Waals surface area contributed by atoms with E-state index in [-0.39, 0.29) is 35.7 Å². The van der Waals surface area contributed by atoms with Crippen LogP contribution in [-0.2, 0) is 6.54 Å². The minimum atomic E-state index is -0.680. The number of hydrogen-bond acceptors (Lipinski definition) is 7. The van der Waals surface area contributed by atoms with Crippen molar-refractivity contribution in [3.63, 3.8) is 0 Å². The second kappa shape index (κ2) is 7.90. The average molecular weight is 348 g/mol. The van der Waals surface area contributed by atoms with Crippen LogP contribution in [0, 0.1) is 10.1 Å². The summed E-state index contributed by atoms with van der Waals surface area (Å²) < 4.78 is 11.2. The van der Waals surface area contributed by atoms with Crippen molar-refractivity contribution in [1.82, 2.24) is 15.1 Å². The Morgan fingerprint density at radius 3 is 2.60 bits per heavy atom. The van der Waals surface area contributed by atoms with Crippen LogP contribution in [0.5, 0.6) is 11.5 Å². The van der Waals surface area contributed by atoms with Crippen molar-refractivity contribution in [2.24, 2.45) is 0 Å². The van der Waals surface area contributed by atoms with Crippen molar-refractivity contribution in [3.8, 4) is 11.5 Å². The highest BCUT2D eigenvalue weighted by Gasteiger charge is 2.24. The van der Waals surface area contributed by atoms with Crippen molar-refractivity contribution in [3.05, 3.63) is 56.5 Å². The van der Waals surface area contributed by atoms with Crippen LogP contribution >= 0.6 is 0 Å². The molecule has 1 amide bonds. The Hall–Kier alpha value is -3.43. The smallest absolute Gasteiger partial charge is 0.286 e. The van der Waals surface area contributed by atoms with E-state index in [1.54, 1.807) is 0 Å². The molecule has 2 rings (SSSR count). The molecule has 0 aliphatic heterocycles. The summed E-state index contributed by atoms with van der Waals surface area (Å²) in [6, 6.07) is 5.20. The molecule has 0 fully saturated rings. The zero-order valence-electron chi connectivity index (χ0n) is 13.6. The topological polar surface area (TPSA) is 126 Å². The minimum absolute atomic E-state index is 0.0707. The summed E-state index contributed by atoms with van der Waals surface area (Å²) in [7, 11) is 2.70. The lowest BCUT2D eigenvalue weighted by Gasteiger charge is -2.11. The predicted octanol–water partition coefficient (Wildman–Crippen LogP) is 0.599. The van der Waals surface area contributed by atoms with Gasteiger partial charge in [-0.1, -0.05) is 0 Å². The number of benzene rings is 1. The van der Waals surface area contributed by atoms with Crippen LogP contribution in [0.2, 0.25) is 0 Å². The molecule has 1 N–H and O–H groups in total. The highest BCUT2D eigenvalue weighted by Crippen LogP contribution is 2.34. The Balaban J connectivity index is 2.19. The molecule has 0 unspecified atom stereocenters. The van der Waals surface area contributed by atoms with Crippen molar-refractivity contribution in [2.45, 2.75) is 6.54 Å². The standard InChI is InChI=1S/C15H16N4O6/c1-24-12-8-10(11(19(22)23)9-13(12)25-2)15(21)16-6-7-18-14(20)4-3-5-17-18/h3-5,8-9H,6-7H2,1-2H3,(H,16,21). The third-order valence-corrected chi connectivity index (χ3v) is 3.34. The second-order valence-corrected chi connectivity index (χ2v) is 4.82. The monoisotopic (exact) mass is 348 g/mol. The number of nitro benzene ring substituents is 1. The number of amides is 1. The minimum Gasteiger partial charge on any atom is -0.493 e. The van der Waals surface area contributed by atoms with Crippen LogP contribution in [0.25, 0.3) is 0 Å². The molecule has 0 saturated heterocycles. The van der Waals surface area contributed by atoms with Crippen molar-refractivity contribution in [1.29, 1.82) is 0 Å². The molecule has 0 aliphatic carbocycles. The number of hydrogen-bond donors (Lipinski definition) is 1. The Morgan fingerprint density at radius 1 is 1.32 bits per heavy atom. The van der Waals surface area contributed by atoms with Crippen LogP contribution in [0.1, 0.15) is 10.4 Å². The molecule has 0 atom stereocenters. The summed E-state index contributed by atoms with van der Waals surface area (Å²) in [6.07, 6.45) is 1.45. The first-order chi connectivity index (χ1) is 12.0. The molecule has 0 radical (unpaired) electrons. The molecule has 10 heteroatoms. The number of nitro groups is 1. The zero-order valence-corrected chi connectivity index (χ0v) is 13.6. The number of nitrogens with zero attached hydrogens (tertiary/aromatic N) is 3. The van der Waals surface area contributed by atoms with Crippen LogP contribution in [-0.4, -0.2) is 41.4 Å². The Morgan fingerprint density at radius 2 is 2.00 bits per heavy atom. The fraction of sp³-hybridized carbons (Fsp3) is 0.267. The maximum Gasteiger partial charge on any atom is 0.286 e. The van der Waals surface area contributed by atoms with Gasteiger partial charge in [0.15, 0.2) is 11.5 Å². The van der Waals surface area contributed by atoms with Gasteiger partial charge in [0.05, 0.1) is 31.8 Å². The lowest BCUT2D eigenvalue weighted by atomic mass is 10.1. The Labute approximate surface area is 142 Å². The highest BCUT2D eigenvalue weighted by molar-refractivity contribution is 5.99. The molecule has 25 heavy (non-hydrogen) atoms. The van der Waals surface area contributed by atoms with Gasteiger partial charge >= 0.3 is 0 Å². The molecular weight excluding hydrogens is 332 g/mol. The number of ether oxygens (including phenoxy) is 2. The molecule has 0 saturated carbocycles. The highest BCUT2D eigenvalue weighted by atomic mass is 16.6. The fourth-order valence-electron chi connectivity index (χ4n) is 2.13. The third-order valence-electron chi connectivity index (χ3n) is 3.34. The SMILES string of the molecule is COc1cc(C(=O)NCCn2ncccc2=O)c([N+](=O)[O-])cc1OC. The lowest BCUT2D eigenvalue weighted by molar-refractivity contribution is -0.385. The van der Waals surface area contributed by atoms with E-state index in [0.29, 0.717) is 0 Å². The van der Waals surface area contributed by atoms with Crippen LogP contribution in [0.15, 0.2) is 35.3 Å². The molecule has 1 heterocycles. The van der Waals surface area contributed by atoms with Gasteiger partial charge in [0, 0.05) is 24.9 Å². The van der Waals surface area contributed by atoms with Gasteiger partial charge in [-0.3, -0.25) is 19.7 Å². The average Bonchev–Trinajstić information content (AvgIpc) is 2.61. The zero-order chi connectivity index (χ0) is 18.4. The summed E-state index contributed by atoms with van der Waals surface area (Å²) in [5, 5.41) is 17.6. The Kier molecular flexibility index (Phi) is 5.66. The van der Waals surface area contributed by atoms with E-state index in [2.05, 4.69) is 10.4 Å². The molecule has 0 aliphatic rings. The summed E-state index contributed by atoms with van der Waals surface area (Å²) in [5.41, 5.74) is -0.894. The van der Waals surface area contributed by atoms with Crippen LogP contribution in [0.4, 0.5) is 5.69 Å². The van der Waals surface area contributed by atoms with Crippen molar-refractivity contribution in [2.75, 3.05) is 20.8 Å². The van der Waals surface area contributed by atoms with E-state index >= 15 is 0 Å². The first-order valence-electron chi connectivity index (χ1n) is 7.18. The van der Waals surface area contributed by atoms with Crippen LogP contribution < -0.4 is 20.3 Å². The van der Waals surface area contributed by atoms with E-state index in [4.69, 9.17) is 9.47 Å². The molecular formula is C15H16N4O6. The number of methoxy groups -OCH3 is 2. The molecule has 132 valence electrons. The first-order valence-corrected chi connectivity index (χ1v) is 7.18. The normalized spacial score (nSPS) is 10.2. The van der Waals surface area contributed by atoms with Gasteiger partial charge in [-0.25, -0.2) is 4.68 Å². The largest absolute Gasteiger partial charge is 0.493 e. The van der Waals surface area contributed by atoms with E-state index in [1.165, 1.54) is 43.3 Å². The van der Waals surface area contributed by atoms with Gasteiger partial charge in [0.25, 0.3) is 17.2 Å². The van der Waals surface area contributed by atoms with E-state index in [1.807, 2.05) is 0 Å². The predicted molar refractivity (Wildman–Crippen MR) is 87.0 cm³/mol. The summed E-state index contributed by atoms with van der Waals surface area (Å²) >= 11 is 0. The van der Waals surface area contributed by atoms with Gasteiger partial charge in [-0.15, -0.1) is 0 Å². The van der Waals surface area contributed by atoms with Gasteiger partial charge < -0.3 is 14.8 Å². The number of carbonyl (C=O) groups excluding carboxylic acids is 1.